The minimum absolute atomic E-state index is 0.297. The fourth-order valence-corrected chi connectivity index (χ4v) is 3.33. The van der Waals surface area contributed by atoms with Gasteiger partial charge < -0.3 is 0 Å². The molecule has 29 heavy (non-hydrogen) atoms. The molecule has 0 aliphatic heterocycles. The van der Waals surface area contributed by atoms with Gasteiger partial charge in [0.25, 0.3) is 0 Å². The molecule has 0 aliphatic carbocycles. The van der Waals surface area contributed by atoms with Gasteiger partial charge in [-0.3, -0.25) is 0 Å². The van der Waals surface area contributed by atoms with E-state index in [1.165, 1.54) is 24.3 Å². The van der Waals surface area contributed by atoms with Crippen LogP contribution in [0.1, 0.15) is 0 Å². The third kappa shape index (κ3) is 3.27. The quantitative estimate of drug-likeness (QED) is 0.381. The molecule has 0 bridgehead atoms. The van der Waals surface area contributed by atoms with Gasteiger partial charge in [0.05, 0.1) is 28.3 Å². The van der Waals surface area contributed by atoms with Crippen LogP contribution in [0.5, 0.6) is 0 Å². The number of rotatable bonds is 3. The molecule has 140 valence electrons. The molecule has 0 fully saturated rings. The summed E-state index contributed by atoms with van der Waals surface area (Å²) in [6.07, 6.45) is 0. The molecule has 2 heterocycles. The van der Waals surface area contributed by atoms with Crippen molar-refractivity contribution in [2.75, 3.05) is 0 Å². The molecule has 5 rings (SSSR count). The number of halogens is 2. The second kappa shape index (κ2) is 6.95. The monoisotopic (exact) mass is 383 g/mol. The Balaban J connectivity index is 1.71. The van der Waals surface area contributed by atoms with E-state index in [1.54, 1.807) is 22.9 Å². The van der Waals surface area contributed by atoms with Crippen molar-refractivity contribution in [1.29, 1.82) is 0 Å². The van der Waals surface area contributed by atoms with Crippen LogP contribution in [0.4, 0.5) is 8.78 Å². The maximum atomic E-state index is 13.5. The predicted octanol–water partition coefficient (Wildman–Crippen LogP) is 6.03. The van der Waals surface area contributed by atoms with Gasteiger partial charge in [-0.1, -0.05) is 36.4 Å². The standard InChI is InChI=1S/C24H15F2N3/c25-18-7-10-20(11-8-18)29-24(15-23(28-29)16-4-2-1-3-5-16)22-12-6-17-14-19(26)9-13-21(17)27-22/h1-15H. The van der Waals surface area contributed by atoms with E-state index in [0.717, 1.165) is 28.0 Å². The number of nitrogens with zero attached hydrogens (tertiary/aromatic N) is 3. The zero-order valence-electron chi connectivity index (χ0n) is 15.3. The highest BCUT2D eigenvalue weighted by atomic mass is 19.1. The zero-order valence-corrected chi connectivity index (χ0v) is 15.3. The third-order valence-corrected chi connectivity index (χ3v) is 4.76. The Morgan fingerprint density at radius 1 is 0.655 bits per heavy atom. The normalized spacial score (nSPS) is 11.1. The van der Waals surface area contributed by atoms with Gasteiger partial charge in [0.1, 0.15) is 11.6 Å². The Kier molecular flexibility index (Phi) is 4.13. The molecule has 3 aromatic carbocycles. The maximum absolute atomic E-state index is 13.5. The molecule has 0 amide bonds. The molecule has 0 saturated carbocycles. The fraction of sp³-hybridized carbons (Fsp3) is 0. The SMILES string of the molecule is Fc1ccc(-n2nc(-c3ccccc3)cc2-c2ccc3cc(F)ccc3n2)cc1. The summed E-state index contributed by atoms with van der Waals surface area (Å²) in [5.41, 5.74) is 4.63. The molecule has 0 radical (unpaired) electrons. The summed E-state index contributed by atoms with van der Waals surface area (Å²) in [6, 6.07) is 26.1. The number of aromatic nitrogens is 3. The van der Waals surface area contributed by atoms with Crippen molar-refractivity contribution in [3.63, 3.8) is 0 Å². The molecule has 5 heteroatoms. The number of pyridine rings is 1. The first kappa shape index (κ1) is 17.3. The van der Waals surface area contributed by atoms with E-state index >= 15 is 0 Å². The summed E-state index contributed by atoms with van der Waals surface area (Å²) in [7, 11) is 0. The van der Waals surface area contributed by atoms with E-state index in [2.05, 4.69) is 0 Å². The second-order valence-electron chi connectivity index (χ2n) is 6.70. The van der Waals surface area contributed by atoms with Crippen LogP contribution < -0.4 is 0 Å². The van der Waals surface area contributed by atoms with E-state index in [-0.39, 0.29) is 11.6 Å². The number of fused-ring (bicyclic) bond motifs is 1. The van der Waals surface area contributed by atoms with Crippen molar-refractivity contribution in [2.45, 2.75) is 0 Å². The van der Waals surface area contributed by atoms with Crippen LogP contribution in [0.3, 0.4) is 0 Å². The Morgan fingerprint density at radius 3 is 2.21 bits per heavy atom. The van der Waals surface area contributed by atoms with E-state index < -0.39 is 0 Å². The average Bonchev–Trinajstić information content (AvgIpc) is 3.20. The molecule has 0 unspecified atom stereocenters. The van der Waals surface area contributed by atoms with Crippen molar-refractivity contribution >= 4 is 10.9 Å². The number of benzene rings is 3. The van der Waals surface area contributed by atoms with Crippen molar-refractivity contribution < 1.29 is 8.78 Å². The molecule has 0 saturated heterocycles. The van der Waals surface area contributed by atoms with E-state index in [9.17, 15) is 8.78 Å². The molecule has 0 N–H and O–H groups in total. The average molecular weight is 383 g/mol. The van der Waals surface area contributed by atoms with Gasteiger partial charge >= 0.3 is 0 Å². The fourth-order valence-electron chi connectivity index (χ4n) is 3.33. The highest BCUT2D eigenvalue weighted by Gasteiger charge is 2.15. The lowest BCUT2D eigenvalue weighted by Crippen LogP contribution is -2.00. The molecular weight excluding hydrogens is 368 g/mol. The first-order valence-electron chi connectivity index (χ1n) is 9.15. The largest absolute Gasteiger partial charge is 0.246 e. The van der Waals surface area contributed by atoms with Crippen molar-refractivity contribution in [1.82, 2.24) is 14.8 Å². The molecular formula is C24H15F2N3. The first-order valence-corrected chi connectivity index (χ1v) is 9.15. The molecule has 5 aromatic rings. The summed E-state index contributed by atoms with van der Waals surface area (Å²) in [5.74, 6) is -0.605. The van der Waals surface area contributed by atoms with Crippen LogP contribution >= 0.6 is 0 Å². The third-order valence-electron chi connectivity index (χ3n) is 4.76. The van der Waals surface area contributed by atoms with Crippen LogP contribution in [0.2, 0.25) is 0 Å². The van der Waals surface area contributed by atoms with Crippen LogP contribution in [0, 0.1) is 11.6 Å². The Bertz CT molecular complexity index is 1310. The molecule has 0 aliphatic rings. The molecule has 2 aromatic heterocycles. The van der Waals surface area contributed by atoms with Crippen LogP contribution in [0.25, 0.3) is 39.2 Å². The topological polar surface area (TPSA) is 30.7 Å². The minimum atomic E-state index is -0.309. The summed E-state index contributed by atoms with van der Waals surface area (Å²) in [5, 5.41) is 5.47. The molecule has 0 spiro atoms. The van der Waals surface area contributed by atoms with E-state index in [1.807, 2.05) is 48.5 Å². The van der Waals surface area contributed by atoms with Crippen LogP contribution in [-0.2, 0) is 0 Å². The van der Waals surface area contributed by atoms with Gasteiger partial charge in [-0.25, -0.2) is 18.4 Å². The summed E-state index contributed by atoms with van der Waals surface area (Å²) < 4.78 is 28.7. The second-order valence-corrected chi connectivity index (χ2v) is 6.70. The van der Waals surface area contributed by atoms with Gasteiger partial charge in [0, 0.05) is 10.9 Å². The zero-order chi connectivity index (χ0) is 19.8. The number of hydrogen-bond donors (Lipinski definition) is 0. The van der Waals surface area contributed by atoms with Crippen molar-refractivity contribution in [3.8, 4) is 28.3 Å². The predicted molar refractivity (Wildman–Crippen MR) is 110 cm³/mol. The smallest absolute Gasteiger partial charge is 0.123 e. The van der Waals surface area contributed by atoms with Crippen LogP contribution in [-0.4, -0.2) is 14.8 Å². The van der Waals surface area contributed by atoms with Crippen molar-refractivity contribution in [2.24, 2.45) is 0 Å². The van der Waals surface area contributed by atoms with Gasteiger partial charge in [-0.15, -0.1) is 0 Å². The lowest BCUT2D eigenvalue weighted by atomic mass is 10.1. The van der Waals surface area contributed by atoms with Gasteiger partial charge in [0.2, 0.25) is 0 Å². The highest BCUT2D eigenvalue weighted by molar-refractivity contribution is 5.82. The minimum Gasteiger partial charge on any atom is -0.246 e. The number of hydrogen-bond acceptors (Lipinski definition) is 2. The van der Waals surface area contributed by atoms with Gasteiger partial charge in [-0.05, 0) is 54.6 Å². The lowest BCUT2D eigenvalue weighted by molar-refractivity contribution is 0.627. The Labute approximate surface area is 165 Å². The summed E-state index contributed by atoms with van der Waals surface area (Å²) in [6.45, 7) is 0. The van der Waals surface area contributed by atoms with Crippen LogP contribution in [0.15, 0.2) is 91.0 Å². The maximum Gasteiger partial charge on any atom is 0.123 e. The summed E-state index contributed by atoms with van der Waals surface area (Å²) in [4.78, 5) is 4.70. The van der Waals surface area contributed by atoms with E-state index in [4.69, 9.17) is 10.1 Å². The van der Waals surface area contributed by atoms with Crippen molar-refractivity contribution in [3.05, 3.63) is 103 Å². The molecule has 0 atom stereocenters. The summed E-state index contributed by atoms with van der Waals surface area (Å²) >= 11 is 0. The Hall–Kier alpha value is -3.86. The van der Waals surface area contributed by atoms with E-state index in [0.29, 0.717) is 11.2 Å². The first-order chi connectivity index (χ1) is 14.2. The Morgan fingerprint density at radius 2 is 1.41 bits per heavy atom. The molecule has 3 nitrogen and oxygen atoms in total. The van der Waals surface area contributed by atoms with Gasteiger partial charge in [0.15, 0.2) is 0 Å². The van der Waals surface area contributed by atoms with Gasteiger partial charge in [-0.2, -0.15) is 5.10 Å². The lowest BCUT2D eigenvalue weighted by Gasteiger charge is -2.08. The highest BCUT2D eigenvalue weighted by Crippen LogP contribution is 2.29.